The Morgan fingerprint density at radius 3 is 2.81 bits per heavy atom. The van der Waals surface area contributed by atoms with Crippen molar-refractivity contribution in [2.45, 2.75) is 25.8 Å². The average molecular weight is 372 g/mol. The number of nitrogens with one attached hydrogen (secondary N) is 1. The summed E-state index contributed by atoms with van der Waals surface area (Å²) in [5, 5.41) is 4.17. The van der Waals surface area contributed by atoms with Gasteiger partial charge in [-0.2, -0.15) is 0 Å². The summed E-state index contributed by atoms with van der Waals surface area (Å²) in [4.78, 5) is 4.44. The van der Waals surface area contributed by atoms with Crippen LogP contribution >= 0.6 is 11.6 Å². The highest BCUT2D eigenvalue weighted by atomic mass is 35.5. The molecule has 4 rings (SSSR count). The number of aromatic nitrogens is 2. The zero-order chi connectivity index (χ0) is 17.9. The Hall–Kier alpha value is -2.21. The number of hydrogen-bond donors (Lipinski definition) is 1. The normalized spacial score (nSPS) is 16.5. The van der Waals surface area contributed by atoms with E-state index in [1.165, 1.54) is 12.1 Å². The van der Waals surface area contributed by atoms with Crippen molar-refractivity contribution >= 4 is 11.6 Å². The molecule has 0 fully saturated rings. The summed E-state index contributed by atoms with van der Waals surface area (Å²) >= 11 is 6.19. The second kappa shape index (κ2) is 7.58. The molecule has 1 aliphatic rings. The van der Waals surface area contributed by atoms with Crippen LogP contribution in [0.5, 0.6) is 0 Å². The number of halogens is 2. The molecule has 4 nitrogen and oxygen atoms in total. The van der Waals surface area contributed by atoms with Crippen molar-refractivity contribution in [3.63, 3.8) is 0 Å². The van der Waals surface area contributed by atoms with E-state index in [1.54, 1.807) is 12.1 Å². The summed E-state index contributed by atoms with van der Waals surface area (Å²) in [6, 6.07) is 14.3. The Morgan fingerprint density at radius 1 is 1.19 bits per heavy atom. The van der Waals surface area contributed by atoms with E-state index in [4.69, 9.17) is 16.3 Å². The number of hydrogen-bond acceptors (Lipinski definition) is 3. The molecule has 1 aliphatic heterocycles. The zero-order valence-corrected chi connectivity index (χ0v) is 14.9. The van der Waals surface area contributed by atoms with Gasteiger partial charge in [-0.3, -0.25) is 0 Å². The van der Waals surface area contributed by atoms with Gasteiger partial charge in [0.2, 0.25) is 0 Å². The van der Waals surface area contributed by atoms with Crippen molar-refractivity contribution in [3.8, 4) is 11.3 Å². The van der Waals surface area contributed by atoms with Gasteiger partial charge in [-0.15, -0.1) is 0 Å². The predicted molar refractivity (Wildman–Crippen MR) is 99.4 cm³/mol. The first-order chi connectivity index (χ1) is 12.7. The Bertz CT molecular complexity index is 894. The fraction of sp³-hybridized carbons (Fsp3) is 0.250. The molecule has 3 aromatic rings. The maximum Gasteiger partial charge on any atom is 0.135 e. The molecule has 0 saturated heterocycles. The number of imidazole rings is 1. The third-order valence-corrected chi connectivity index (χ3v) is 4.93. The van der Waals surface area contributed by atoms with Crippen molar-refractivity contribution < 1.29 is 9.13 Å². The highest BCUT2D eigenvalue weighted by molar-refractivity contribution is 6.31. The van der Waals surface area contributed by atoms with E-state index in [9.17, 15) is 4.39 Å². The third kappa shape index (κ3) is 3.65. The van der Waals surface area contributed by atoms with Crippen LogP contribution in [-0.4, -0.2) is 22.2 Å². The third-order valence-electron chi connectivity index (χ3n) is 4.56. The van der Waals surface area contributed by atoms with Crippen LogP contribution in [0, 0.1) is 5.82 Å². The van der Waals surface area contributed by atoms with Gasteiger partial charge in [-0.05, 0) is 41.5 Å². The minimum Gasteiger partial charge on any atom is -0.367 e. The monoisotopic (exact) mass is 371 g/mol. The van der Waals surface area contributed by atoms with E-state index in [-0.39, 0.29) is 11.9 Å². The lowest BCUT2D eigenvalue weighted by Crippen LogP contribution is -2.36. The average Bonchev–Trinajstić information content (AvgIpc) is 3.07. The molecule has 0 spiro atoms. The van der Waals surface area contributed by atoms with E-state index < -0.39 is 0 Å². The quantitative estimate of drug-likeness (QED) is 0.736. The summed E-state index contributed by atoms with van der Waals surface area (Å²) in [5.41, 5.74) is 3.01. The van der Waals surface area contributed by atoms with Gasteiger partial charge in [0, 0.05) is 18.1 Å². The first-order valence-electron chi connectivity index (χ1n) is 8.57. The minimum absolute atomic E-state index is 0.0402. The molecule has 134 valence electrons. The van der Waals surface area contributed by atoms with Crippen LogP contribution in [0.15, 0.2) is 54.7 Å². The summed E-state index contributed by atoms with van der Waals surface area (Å²) in [5.74, 6) is 0.656. The Balaban J connectivity index is 1.42. The highest BCUT2D eigenvalue weighted by Gasteiger charge is 2.22. The molecule has 1 N–H and O–H groups in total. The van der Waals surface area contributed by atoms with Crippen molar-refractivity contribution in [2.75, 3.05) is 6.54 Å². The first-order valence-corrected chi connectivity index (χ1v) is 8.94. The van der Waals surface area contributed by atoms with Crippen LogP contribution in [-0.2, 0) is 24.4 Å². The molecule has 1 aromatic heterocycles. The van der Waals surface area contributed by atoms with Crippen molar-refractivity contribution in [1.82, 2.24) is 14.9 Å². The second-order valence-electron chi connectivity index (χ2n) is 6.33. The fourth-order valence-corrected chi connectivity index (χ4v) is 3.37. The van der Waals surface area contributed by atoms with Crippen LogP contribution in [0.25, 0.3) is 11.3 Å². The van der Waals surface area contributed by atoms with Gasteiger partial charge >= 0.3 is 0 Å². The summed E-state index contributed by atoms with van der Waals surface area (Å²) < 4.78 is 21.2. The molecule has 2 heterocycles. The van der Waals surface area contributed by atoms with Crippen LogP contribution in [0.3, 0.4) is 0 Å². The topological polar surface area (TPSA) is 39.1 Å². The van der Waals surface area contributed by atoms with E-state index in [1.807, 2.05) is 30.5 Å². The molecule has 0 saturated carbocycles. The largest absolute Gasteiger partial charge is 0.367 e. The van der Waals surface area contributed by atoms with Gasteiger partial charge in [-0.1, -0.05) is 29.8 Å². The van der Waals surface area contributed by atoms with E-state index in [2.05, 4.69) is 14.9 Å². The molecule has 0 bridgehead atoms. The van der Waals surface area contributed by atoms with Gasteiger partial charge in [-0.25, -0.2) is 9.37 Å². The molecular formula is C20H19ClFN3O. The molecule has 1 atom stereocenters. The van der Waals surface area contributed by atoms with Gasteiger partial charge in [0.15, 0.2) is 0 Å². The second-order valence-corrected chi connectivity index (χ2v) is 6.74. The lowest BCUT2D eigenvalue weighted by atomic mass is 10.1. The molecule has 26 heavy (non-hydrogen) atoms. The Morgan fingerprint density at radius 2 is 2.00 bits per heavy atom. The number of rotatable bonds is 5. The minimum atomic E-state index is -0.239. The lowest BCUT2D eigenvalue weighted by Gasteiger charge is -2.26. The van der Waals surface area contributed by atoms with Crippen molar-refractivity contribution in [3.05, 3.63) is 77.0 Å². The SMILES string of the molecule is Fc1ccc(-c2cnc3n2C[C@H](CNCc2ccccc2Cl)OC3)cc1. The van der Waals surface area contributed by atoms with Gasteiger partial charge in [0.1, 0.15) is 18.2 Å². The van der Waals surface area contributed by atoms with Gasteiger partial charge < -0.3 is 14.6 Å². The van der Waals surface area contributed by atoms with Crippen molar-refractivity contribution in [1.29, 1.82) is 0 Å². The van der Waals surface area contributed by atoms with Gasteiger partial charge in [0.05, 0.1) is 24.5 Å². The highest BCUT2D eigenvalue weighted by Crippen LogP contribution is 2.25. The number of ether oxygens (including phenoxy) is 1. The maximum absolute atomic E-state index is 13.2. The molecule has 0 radical (unpaired) electrons. The number of fused-ring (bicyclic) bond motifs is 1. The lowest BCUT2D eigenvalue weighted by molar-refractivity contribution is 0.00326. The molecular weight excluding hydrogens is 353 g/mol. The van der Waals surface area contributed by atoms with Crippen LogP contribution < -0.4 is 5.32 Å². The Kier molecular flexibility index (Phi) is 5.02. The summed E-state index contributed by atoms with van der Waals surface area (Å²) in [6.07, 6.45) is 1.87. The molecule has 0 aliphatic carbocycles. The van der Waals surface area contributed by atoms with E-state index in [0.29, 0.717) is 26.2 Å². The van der Waals surface area contributed by atoms with Crippen LogP contribution in [0.1, 0.15) is 11.4 Å². The predicted octanol–water partition coefficient (Wildman–Crippen LogP) is 4.03. The molecule has 6 heteroatoms. The van der Waals surface area contributed by atoms with Crippen LogP contribution in [0.4, 0.5) is 4.39 Å². The van der Waals surface area contributed by atoms with E-state index >= 15 is 0 Å². The first kappa shape index (κ1) is 17.2. The number of benzene rings is 2. The smallest absolute Gasteiger partial charge is 0.135 e. The molecule has 0 amide bonds. The fourth-order valence-electron chi connectivity index (χ4n) is 3.17. The molecule has 2 aromatic carbocycles. The van der Waals surface area contributed by atoms with Crippen LogP contribution in [0.2, 0.25) is 5.02 Å². The van der Waals surface area contributed by atoms with E-state index in [0.717, 1.165) is 27.7 Å². The number of nitrogens with zero attached hydrogens (tertiary/aromatic N) is 2. The van der Waals surface area contributed by atoms with Crippen molar-refractivity contribution in [2.24, 2.45) is 0 Å². The zero-order valence-electron chi connectivity index (χ0n) is 14.2. The maximum atomic E-state index is 13.2. The molecule has 0 unspecified atom stereocenters. The summed E-state index contributed by atoms with van der Waals surface area (Å²) in [6.45, 7) is 2.59. The standard InChI is InChI=1S/C20H19ClFN3O/c21-18-4-2-1-3-15(18)9-23-10-17-12-25-19(11-24-20(25)13-26-17)14-5-7-16(22)8-6-14/h1-8,11,17,23H,9-10,12-13H2/t17-/m0/s1. The Labute approximate surface area is 156 Å². The van der Waals surface area contributed by atoms with Gasteiger partial charge in [0.25, 0.3) is 0 Å². The summed E-state index contributed by atoms with van der Waals surface area (Å²) in [7, 11) is 0.